The Morgan fingerprint density at radius 1 is 0.895 bits per heavy atom. The Balaban J connectivity index is 1.47. The molecule has 0 spiro atoms. The minimum atomic E-state index is 0.117. The van der Waals surface area contributed by atoms with E-state index in [0.717, 1.165) is 38.5 Å². The summed E-state index contributed by atoms with van der Waals surface area (Å²) >= 11 is 0. The standard InChI is InChI=1S/C15H27N3O/c19-15(14-5-4-8-16-14)18-11-6-13(7-12-18)17-9-2-1-3-10-17/h13-14,16H,1-12H2. The normalized spacial score (nSPS) is 30.7. The van der Waals surface area contributed by atoms with Crippen LogP contribution in [0.5, 0.6) is 0 Å². The van der Waals surface area contributed by atoms with Crippen LogP contribution in [0.15, 0.2) is 0 Å². The summed E-state index contributed by atoms with van der Waals surface area (Å²) in [7, 11) is 0. The average Bonchev–Trinajstić information content (AvgIpc) is 3.02. The zero-order valence-corrected chi connectivity index (χ0v) is 11.9. The van der Waals surface area contributed by atoms with Gasteiger partial charge in [-0.3, -0.25) is 4.79 Å². The van der Waals surface area contributed by atoms with E-state index in [1.165, 1.54) is 45.2 Å². The van der Waals surface area contributed by atoms with Crippen molar-refractivity contribution >= 4 is 5.91 Å². The summed E-state index contributed by atoms with van der Waals surface area (Å²) in [5.41, 5.74) is 0. The molecule has 3 saturated heterocycles. The molecule has 0 saturated carbocycles. The average molecular weight is 265 g/mol. The number of nitrogens with one attached hydrogen (secondary N) is 1. The molecule has 0 aromatic carbocycles. The number of carbonyl (C=O) groups excluding carboxylic acids is 1. The molecule has 1 atom stereocenters. The highest BCUT2D eigenvalue weighted by Crippen LogP contribution is 2.22. The lowest BCUT2D eigenvalue weighted by Crippen LogP contribution is -2.51. The highest BCUT2D eigenvalue weighted by atomic mass is 16.2. The molecule has 0 aromatic rings. The largest absolute Gasteiger partial charge is 0.341 e. The molecule has 1 N–H and O–H groups in total. The number of hydrogen-bond donors (Lipinski definition) is 1. The maximum absolute atomic E-state index is 12.3. The number of hydrogen-bond acceptors (Lipinski definition) is 3. The molecule has 3 heterocycles. The van der Waals surface area contributed by atoms with Crippen LogP contribution in [0.2, 0.25) is 0 Å². The van der Waals surface area contributed by atoms with Crippen LogP contribution in [0.4, 0.5) is 0 Å². The topological polar surface area (TPSA) is 35.6 Å². The SMILES string of the molecule is O=C(C1CCCN1)N1CCC(N2CCCCC2)CC1. The first-order valence-corrected chi connectivity index (χ1v) is 8.11. The third-order valence-electron chi connectivity index (χ3n) is 5.04. The van der Waals surface area contributed by atoms with Crippen molar-refractivity contribution in [2.45, 2.75) is 57.0 Å². The predicted octanol–water partition coefficient (Wildman–Crippen LogP) is 1.22. The number of nitrogens with zero attached hydrogens (tertiary/aromatic N) is 2. The summed E-state index contributed by atoms with van der Waals surface area (Å²) in [5, 5.41) is 3.33. The van der Waals surface area contributed by atoms with E-state index in [9.17, 15) is 4.79 Å². The Bertz CT molecular complexity index is 301. The van der Waals surface area contributed by atoms with Crippen LogP contribution in [0, 0.1) is 0 Å². The van der Waals surface area contributed by atoms with Crippen LogP contribution in [-0.2, 0) is 4.79 Å². The van der Waals surface area contributed by atoms with Gasteiger partial charge in [0.05, 0.1) is 6.04 Å². The molecule has 108 valence electrons. The van der Waals surface area contributed by atoms with Crippen LogP contribution >= 0.6 is 0 Å². The summed E-state index contributed by atoms with van der Waals surface area (Å²) in [4.78, 5) is 17.1. The second kappa shape index (κ2) is 6.23. The van der Waals surface area contributed by atoms with Gasteiger partial charge in [-0.25, -0.2) is 0 Å². The molecule has 3 rings (SSSR count). The van der Waals surface area contributed by atoms with Gasteiger partial charge in [0.1, 0.15) is 0 Å². The fraction of sp³-hybridized carbons (Fsp3) is 0.933. The van der Waals surface area contributed by atoms with Crippen LogP contribution in [0.3, 0.4) is 0 Å². The highest BCUT2D eigenvalue weighted by Gasteiger charge is 2.31. The molecule has 1 unspecified atom stereocenters. The van der Waals surface area contributed by atoms with Gasteiger partial charge in [0, 0.05) is 19.1 Å². The summed E-state index contributed by atoms with van der Waals surface area (Å²) in [6.07, 6.45) is 8.68. The first-order chi connectivity index (χ1) is 9.34. The van der Waals surface area contributed by atoms with Crippen molar-refractivity contribution in [3.63, 3.8) is 0 Å². The lowest BCUT2D eigenvalue weighted by molar-refractivity contribution is -0.134. The van der Waals surface area contributed by atoms with Gasteiger partial charge >= 0.3 is 0 Å². The lowest BCUT2D eigenvalue weighted by atomic mass is 9.99. The van der Waals surface area contributed by atoms with E-state index in [0.29, 0.717) is 5.91 Å². The third kappa shape index (κ3) is 3.11. The molecule has 0 bridgehead atoms. The second-order valence-electron chi connectivity index (χ2n) is 6.30. The molecule has 4 nitrogen and oxygen atoms in total. The molecule has 1 amide bonds. The minimum absolute atomic E-state index is 0.117. The van der Waals surface area contributed by atoms with Gasteiger partial charge in [-0.05, 0) is 58.2 Å². The van der Waals surface area contributed by atoms with E-state index in [1.54, 1.807) is 0 Å². The first kappa shape index (κ1) is 13.4. The van der Waals surface area contributed by atoms with Crippen molar-refractivity contribution in [1.29, 1.82) is 0 Å². The Kier molecular flexibility index (Phi) is 4.38. The van der Waals surface area contributed by atoms with Crippen LogP contribution in [0.25, 0.3) is 0 Å². The van der Waals surface area contributed by atoms with Crippen molar-refractivity contribution in [1.82, 2.24) is 15.1 Å². The van der Waals surface area contributed by atoms with Gasteiger partial charge in [0.25, 0.3) is 0 Å². The summed E-state index contributed by atoms with van der Waals surface area (Å²) < 4.78 is 0. The van der Waals surface area contributed by atoms with Gasteiger partial charge in [-0.1, -0.05) is 6.42 Å². The van der Waals surface area contributed by atoms with Crippen molar-refractivity contribution in [3.8, 4) is 0 Å². The molecule has 3 aliphatic rings. The van der Waals surface area contributed by atoms with E-state index in [-0.39, 0.29) is 6.04 Å². The van der Waals surface area contributed by atoms with Gasteiger partial charge < -0.3 is 15.1 Å². The summed E-state index contributed by atoms with van der Waals surface area (Å²) in [6, 6.07) is 0.854. The number of carbonyl (C=O) groups is 1. The maximum Gasteiger partial charge on any atom is 0.239 e. The number of rotatable bonds is 2. The number of likely N-dealkylation sites (tertiary alicyclic amines) is 2. The van der Waals surface area contributed by atoms with Crippen LogP contribution in [-0.4, -0.2) is 60.5 Å². The molecular weight excluding hydrogens is 238 g/mol. The van der Waals surface area contributed by atoms with E-state index in [2.05, 4.69) is 15.1 Å². The van der Waals surface area contributed by atoms with Crippen molar-refractivity contribution < 1.29 is 4.79 Å². The Morgan fingerprint density at radius 2 is 1.63 bits per heavy atom. The second-order valence-corrected chi connectivity index (χ2v) is 6.30. The molecule has 3 fully saturated rings. The molecule has 0 radical (unpaired) electrons. The third-order valence-corrected chi connectivity index (χ3v) is 5.04. The zero-order chi connectivity index (χ0) is 13.1. The molecule has 0 aliphatic carbocycles. The molecule has 3 aliphatic heterocycles. The first-order valence-electron chi connectivity index (χ1n) is 8.11. The zero-order valence-electron chi connectivity index (χ0n) is 11.9. The Morgan fingerprint density at radius 3 is 2.26 bits per heavy atom. The van der Waals surface area contributed by atoms with Crippen molar-refractivity contribution in [2.75, 3.05) is 32.7 Å². The fourth-order valence-corrected chi connectivity index (χ4v) is 3.85. The Labute approximate surface area is 116 Å². The van der Waals surface area contributed by atoms with Gasteiger partial charge in [0.15, 0.2) is 0 Å². The number of amides is 1. The van der Waals surface area contributed by atoms with E-state index < -0.39 is 0 Å². The minimum Gasteiger partial charge on any atom is -0.341 e. The smallest absolute Gasteiger partial charge is 0.239 e. The molecular formula is C15H27N3O. The van der Waals surface area contributed by atoms with Crippen LogP contribution in [0.1, 0.15) is 44.9 Å². The van der Waals surface area contributed by atoms with Gasteiger partial charge in [-0.15, -0.1) is 0 Å². The van der Waals surface area contributed by atoms with Gasteiger partial charge in [0.2, 0.25) is 5.91 Å². The van der Waals surface area contributed by atoms with Crippen molar-refractivity contribution in [2.24, 2.45) is 0 Å². The quantitative estimate of drug-likeness (QED) is 0.815. The maximum atomic E-state index is 12.3. The monoisotopic (exact) mass is 265 g/mol. The molecule has 4 heteroatoms. The van der Waals surface area contributed by atoms with Crippen LogP contribution < -0.4 is 5.32 Å². The van der Waals surface area contributed by atoms with Gasteiger partial charge in [-0.2, -0.15) is 0 Å². The van der Waals surface area contributed by atoms with E-state index in [1.807, 2.05) is 0 Å². The van der Waals surface area contributed by atoms with E-state index in [4.69, 9.17) is 0 Å². The molecule has 0 aromatic heterocycles. The predicted molar refractivity (Wildman–Crippen MR) is 76.1 cm³/mol. The van der Waals surface area contributed by atoms with Crippen molar-refractivity contribution in [3.05, 3.63) is 0 Å². The lowest BCUT2D eigenvalue weighted by Gasteiger charge is -2.40. The Hall–Kier alpha value is -0.610. The highest BCUT2D eigenvalue weighted by molar-refractivity contribution is 5.82. The number of piperidine rings is 2. The summed E-state index contributed by atoms with van der Waals surface area (Å²) in [5.74, 6) is 0.356. The molecule has 19 heavy (non-hydrogen) atoms. The fourth-order valence-electron chi connectivity index (χ4n) is 3.85. The van der Waals surface area contributed by atoms with E-state index >= 15 is 0 Å². The summed E-state index contributed by atoms with van der Waals surface area (Å²) in [6.45, 7) is 5.52.